The molecule has 2 nitrogen and oxygen atoms in total. The monoisotopic (exact) mass is 331 g/mol. The molecular formula is C14H22BrNOS. The molecule has 0 heterocycles. The Kier molecular flexibility index (Phi) is 7.12. The van der Waals surface area contributed by atoms with Crippen molar-refractivity contribution in [2.45, 2.75) is 26.3 Å². The van der Waals surface area contributed by atoms with E-state index in [1.165, 1.54) is 11.3 Å². The maximum Gasteiger partial charge on any atom is 0.133 e. The van der Waals surface area contributed by atoms with Crippen molar-refractivity contribution < 1.29 is 4.74 Å². The second-order valence-electron chi connectivity index (χ2n) is 4.86. The molecule has 1 aromatic rings. The molecule has 0 amide bonds. The molecule has 1 aromatic carbocycles. The zero-order chi connectivity index (χ0) is 13.5. The van der Waals surface area contributed by atoms with Crippen LogP contribution >= 0.6 is 27.7 Å². The van der Waals surface area contributed by atoms with Crippen molar-refractivity contribution in [1.82, 2.24) is 0 Å². The Balaban J connectivity index is 2.44. The third kappa shape index (κ3) is 5.63. The molecule has 0 saturated carbocycles. The summed E-state index contributed by atoms with van der Waals surface area (Å²) < 4.78 is 6.20. The fourth-order valence-corrected chi connectivity index (χ4v) is 3.27. The van der Waals surface area contributed by atoms with Crippen molar-refractivity contribution in [3.8, 4) is 5.75 Å². The van der Waals surface area contributed by atoms with Crippen molar-refractivity contribution >= 4 is 27.7 Å². The Labute approximate surface area is 123 Å². The summed E-state index contributed by atoms with van der Waals surface area (Å²) in [5.41, 5.74) is 7.40. The molecule has 0 aliphatic heterocycles. The summed E-state index contributed by atoms with van der Waals surface area (Å²) in [6.45, 7) is 4.47. The van der Waals surface area contributed by atoms with Crippen LogP contribution in [-0.4, -0.2) is 24.7 Å². The molecule has 0 fully saturated rings. The van der Waals surface area contributed by atoms with Crippen LogP contribution in [0.4, 0.5) is 0 Å². The van der Waals surface area contributed by atoms with Gasteiger partial charge in [0, 0.05) is 11.8 Å². The largest absolute Gasteiger partial charge is 0.496 e. The summed E-state index contributed by atoms with van der Waals surface area (Å²) in [5.74, 6) is 3.79. The van der Waals surface area contributed by atoms with E-state index in [1.807, 2.05) is 17.8 Å². The van der Waals surface area contributed by atoms with Gasteiger partial charge in [-0.1, -0.05) is 19.9 Å². The van der Waals surface area contributed by atoms with E-state index in [2.05, 4.69) is 41.9 Å². The van der Waals surface area contributed by atoms with Crippen LogP contribution in [0.2, 0.25) is 0 Å². The number of rotatable bonds is 7. The zero-order valence-corrected chi connectivity index (χ0v) is 13.7. The predicted molar refractivity (Wildman–Crippen MR) is 84.5 cm³/mol. The summed E-state index contributed by atoms with van der Waals surface area (Å²) in [5, 5.41) is 0. The second-order valence-corrected chi connectivity index (χ2v) is 6.79. The molecule has 1 rings (SSSR count). The third-order valence-corrected chi connectivity index (χ3v) is 4.68. The van der Waals surface area contributed by atoms with E-state index in [4.69, 9.17) is 10.5 Å². The predicted octanol–water partition coefficient (Wildman–Crippen LogP) is 3.72. The highest BCUT2D eigenvalue weighted by Gasteiger charge is 2.07. The van der Waals surface area contributed by atoms with Crippen molar-refractivity contribution in [3.05, 3.63) is 28.2 Å². The fourth-order valence-electron chi connectivity index (χ4n) is 1.65. The molecule has 0 aliphatic carbocycles. The van der Waals surface area contributed by atoms with E-state index in [1.54, 1.807) is 7.11 Å². The lowest BCUT2D eigenvalue weighted by atomic mass is 10.1. The van der Waals surface area contributed by atoms with E-state index in [0.29, 0.717) is 0 Å². The molecule has 0 aromatic heterocycles. The van der Waals surface area contributed by atoms with E-state index >= 15 is 0 Å². The van der Waals surface area contributed by atoms with E-state index in [0.717, 1.165) is 28.3 Å². The minimum atomic E-state index is 0.217. The van der Waals surface area contributed by atoms with Gasteiger partial charge in [-0.05, 0) is 51.7 Å². The Hall–Kier alpha value is -0.190. The van der Waals surface area contributed by atoms with E-state index in [-0.39, 0.29) is 6.04 Å². The van der Waals surface area contributed by atoms with Gasteiger partial charge in [0.1, 0.15) is 5.75 Å². The fraction of sp³-hybridized carbons (Fsp3) is 0.571. The highest BCUT2D eigenvalue weighted by atomic mass is 79.9. The average Bonchev–Trinajstić information content (AvgIpc) is 2.28. The molecule has 1 atom stereocenters. The summed E-state index contributed by atoms with van der Waals surface area (Å²) >= 11 is 5.44. The van der Waals surface area contributed by atoms with Gasteiger partial charge in [0.15, 0.2) is 0 Å². The first-order valence-electron chi connectivity index (χ1n) is 6.18. The number of ether oxygens (including phenoxy) is 1. The second kappa shape index (κ2) is 8.08. The molecule has 0 saturated heterocycles. The lowest BCUT2D eigenvalue weighted by Crippen LogP contribution is -2.26. The molecule has 1 unspecified atom stereocenters. The number of nitrogens with two attached hydrogens (primary N) is 1. The number of hydrogen-bond donors (Lipinski definition) is 1. The first-order valence-corrected chi connectivity index (χ1v) is 8.13. The normalized spacial score (nSPS) is 12.8. The van der Waals surface area contributed by atoms with Gasteiger partial charge in [-0.2, -0.15) is 11.8 Å². The molecular weight excluding hydrogens is 310 g/mol. The molecule has 0 spiro atoms. The van der Waals surface area contributed by atoms with Crippen LogP contribution in [0.1, 0.15) is 19.4 Å². The van der Waals surface area contributed by atoms with Gasteiger partial charge in [-0.15, -0.1) is 0 Å². The summed E-state index contributed by atoms with van der Waals surface area (Å²) in [6, 6.07) is 6.37. The SMILES string of the molecule is COc1ccc(CC(N)CSCC(C)C)cc1Br. The van der Waals surface area contributed by atoms with Crippen molar-refractivity contribution in [3.63, 3.8) is 0 Å². The quantitative estimate of drug-likeness (QED) is 0.827. The molecule has 0 bridgehead atoms. The summed E-state index contributed by atoms with van der Waals surface area (Å²) in [7, 11) is 1.67. The first kappa shape index (κ1) is 15.9. The number of thioether (sulfide) groups is 1. The van der Waals surface area contributed by atoms with E-state index < -0.39 is 0 Å². The van der Waals surface area contributed by atoms with Gasteiger partial charge in [-0.3, -0.25) is 0 Å². The number of benzene rings is 1. The first-order chi connectivity index (χ1) is 8.52. The zero-order valence-electron chi connectivity index (χ0n) is 11.3. The molecule has 102 valence electrons. The topological polar surface area (TPSA) is 35.2 Å². The summed E-state index contributed by atoms with van der Waals surface area (Å²) in [6.07, 6.45) is 0.910. The third-order valence-electron chi connectivity index (χ3n) is 2.50. The van der Waals surface area contributed by atoms with Crippen LogP contribution in [0.15, 0.2) is 22.7 Å². The number of halogens is 1. The number of methoxy groups -OCH3 is 1. The lowest BCUT2D eigenvalue weighted by Gasteiger charge is -2.13. The highest BCUT2D eigenvalue weighted by Crippen LogP contribution is 2.26. The minimum absolute atomic E-state index is 0.217. The van der Waals surface area contributed by atoms with Crippen LogP contribution in [0.25, 0.3) is 0 Å². The van der Waals surface area contributed by atoms with E-state index in [9.17, 15) is 0 Å². The summed E-state index contributed by atoms with van der Waals surface area (Å²) in [4.78, 5) is 0. The Morgan fingerprint density at radius 3 is 2.61 bits per heavy atom. The minimum Gasteiger partial charge on any atom is -0.496 e. The molecule has 0 aliphatic rings. The van der Waals surface area contributed by atoms with Gasteiger partial charge >= 0.3 is 0 Å². The van der Waals surface area contributed by atoms with Crippen molar-refractivity contribution in [2.24, 2.45) is 11.7 Å². The molecule has 0 radical (unpaired) electrons. The molecule has 4 heteroatoms. The standard InChI is InChI=1S/C14H22BrNOS/c1-10(2)8-18-9-12(16)6-11-4-5-14(17-3)13(15)7-11/h4-5,7,10,12H,6,8-9,16H2,1-3H3. The van der Waals surface area contributed by atoms with Gasteiger partial charge in [-0.25, -0.2) is 0 Å². The van der Waals surface area contributed by atoms with Gasteiger partial charge in [0.25, 0.3) is 0 Å². The van der Waals surface area contributed by atoms with Crippen LogP contribution in [0.3, 0.4) is 0 Å². The van der Waals surface area contributed by atoms with Crippen molar-refractivity contribution in [1.29, 1.82) is 0 Å². The van der Waals surface area contributed by atoms with Gasteiger partial charge < -0.3 is 10.5 Å². The Bertz CT molecular complexity index is 371. The Morgan fingerprint density at radius 2 is 2.06 bits per heavy atom. The van der Waals surface area contributed by atoms with Crippen LogP contribution < -0.4 is 10.5 Å². The lowest BCUT2D eigenvalue weighted by molar-refractivity contribution is 0.412. The Morgan fingerprint density at radius 1 is 1.33 bits per heavy atom. The average molecular weight is 332 g/mol. The smallest absolute Gasteiger partial charge is 0.133 e. The van der Waals surface area contributed by atoms with Crippen LogP contribution in [0.5, 0.6) is 5.75 Å². The number of hydrogen-bond acceptors (Lipinski definition) is 3. The van der Waals surface area contributed by atoms with Crippen LogP contribution in [0, 0.1) is 5.92 Å². The molecule has 2 N–H and O–H groups in total. The maximum absolute atomic E-state index is 6.15. The van der Waals surface area contributed by atoms with Gasteiger partial charge in [0.05, 0.1) is 11.6 Å². The van der Waals surface area contributed by atoms with Crippen LogP contribution in [-0.2, 0) is 6.42 Å². The molecule has 18 heavy (non-hydrogen) atoms. The van der Waals surface area contributed by atoms with Crippen molar-refractivity contribution in [2.75, 3.05) is 18.6 Å². The van der Waals surface area contributed by atoms with Gasteiger partial charge in [0.2, 0.25) is 0 Å². The highest BCUT2D eigenvalue weighted by molar-refractivity contribution is 9.10. The maximum atomic E-state index is 6.15.